The third-order valence-electron chi connectivity index (χ3n) is 4.60. The summed E-state index contributed by atoms with van der Waals surface area (Å²) in [6.45, 7) is 2.09. The maximum atomic E-state index is 13.1. The average molecular weight is 447 g/mol. The van der Waals surface area contributed by atoms with Crippen LogP contribution in [0.25, 0.3) is 33.8 Å². The molecule has 0 bridgehead atoms. The zero-order chi connectivity index (χ0) is 20.2. The molecule has 4 heteroatoms. The minimum atomic E-state index is -0.400. The van der Waals surface area contributed by atoms with Crippen LogP contribution < -0.4 is 0 Å². The molecule has 3 aromatic carbocycles. The topological polar surface area (TPSA) is 39.4 Å². The predicted octanol–water partition coefficient (Wildman–Crippen LogP) is 7.22. The molecule has 0 unspecified atom stereocenters. The fraction of sp³-hybridized carbons (Fsp3) is 0.0800. The standard InChI is InChI=1S/C25H19BrO3/c1-2-28-25(27)22-21(17-11-5-3-6-12-17)23(18-13-7-4-8-14-18)29-24(22)19-15-9-10-16-20(19)26/h3-16H,2H2,1H3. The van der Waals surface area contributed by atoms with Gasteiger partial charge in [-0.15, -0.1) is 0 Å². The van der Waals surface area contributed by atoms with Crippen LogP contribution >= 0.6 is 15.9 Å². The molecule has 0 saturated heterocycles. The number of halogens is 1. The number of carbonyl (C=O) groups is 1. The lowest BCUT2D eigenvalue weighted by atomic mass is 9.95. The molecule has 3 nitrogen and oxygen atoms in total. The summed E-state index contributed by atoms with van der Waals surface area (Å²) in [5.74, 6) is 0.738. The van der Waals surface area contributed by atoms with Crippen molar-refractivity contribution in [2.75, 3.05) is 6.61 Å². The van der Waals surface area contributed by atoms with E-state index in [0.717, 1.165) is 26.7 Å². The van der Waals surface area contributed by atoms with Crippen molar-refractivity contribution in [1.82, 2.24) is 0 Å². The summed E-state index contributed by atoms with van der Waals surface area (Å²) in [4.78, 5) is 13.1. The fourth-order valence-corrected chi connectivity index (χ4v) is 3.80. The van der Waals surface area contributed by atoms with E-state index in [1.165, 1.54) is 0 Å². The van der Waals surface area contributed by atoms with E-state index in [4.69, 9.17) is 9.15 Å². The summed E-state index contributed by atoms with van der Waals surface area (Å²) in [6, 6.07) is 27.3. The Morgan fingerprint density at radius 1 is 0.828 bits per heavy atom. The molecule has 0 aliphatic rings. The van der Waals surface area contributed by atoms with Gasteiger partial charge >= 0.3 is 5.97 Å². The van der Waals surface area contributed by atoms with Gasteiger partial charge in [-0.1, -0.05) is 94.8 Å². The first kappa shape index (κ1) is 19.2. The lowest BCUT2D eigenvalue weighted by Crippen LogP contribution is -2.06. The van der Waals surface area contributed by atoms with E-state index < -0.39 is 5.97 Å². The van der Waals surface area contributed by atoms with Gasteiger partial charge in [-0.05, 0) is 18.6 Å². The Morgan fingerprint density at radius 2 is 1.41 bits per heavy atom. The van der Waals surface area contributed by atoms with Gasteiger partial charge in [0.15, 0.2) is 5.76 Å². The Labute approximate surface area is 178 Å². The van der Waals surface area contributed by atoms with Gasteiger partial charge in [-0.25, -0.2) is 4.79 Å². The van der Waals surface area contributed by atoms with E-state index in [1.54, 1.807) is 6.92 Å². The molecule has 1 heterocycles. The number of furan rings is 1. The Morgan fingerprint density at radius 3 is 2.03 bits per heavy atom. The maximum absolute atomic E-state index is 13.1. The Hall–Kier alpha value is -3.11. The summed E-state index contributed by atoms with van der Waals surface area (Å²) in [7, 11) is 0. The normalized spacial score (nSPS) is 10.7. The number of esters is 1. The van der Waals surface area contributed by atoms with Crippen LogP contribution in [0.3, 0.4) is 0 Å². The van der Waals surface area contributed by atoms with Gasteiger partial charge in [0, 0.05) is 21.2 Å². The second-order valence-corrected chi connectivity index (χ2v) is 7.30. The highest BCUT2D eigenvalue weighted by atomic mass is 79.9. The van der Waals surface area contributed by atoms with Crippen molar-refractivity contribution >= 4 is 21.9 Å². The zero-order valence-corrected chi connectivity index (χ0v) is 17.5. The van der Waals surface area contributed by atoms with Crippen LogP contribution in [-0.4, -0.2) is 12.6 Å². The molecule has 0 amide bonds. The Bertz CT molecular complexity index is 1130. The van der Waals surface area contributed by atoms with Crippen molar-refractivity contribution in [3.8, 4) is 33.8 Å². The molecule has 144 valence electrons. The predicted molar refractivity (Wildman–Crippen MR) is 119 cm³/mol. The van der Waals surface area contributed by atoms with Gasteiger partial charge in [0.05, 0.1) is 6.61 Å². The van der Waals surface area contributed by atoms with Crippen LogP contribution in [0.15, 0.2) is 93.8 Å². The van der Waals surface area contributed by atoms with E-state index in [0.29, 0.717) is 17.1 Å². The molecule has 4 aromatic rings. The van der Waals surface area contributed by atoms with Gasteiger partial charge in [0.25, 0.3) is 0 Å². The first-order valence-electron chi connectivity index (χ1n) is 9.40. The summed E-state index contributed by atoms with van der Waals surface area (Å²) in [6.07, 6.45) is 0. The summed E-state index contributed by atoms with van der Waals surface area (Å²) in [5, 5.41) is 0. The van der Waals surface area contributed by atoms with Gasteiger partial charge in [-0.2, -0.15) is 0 Å². The summed E-state index contributed by atoms with van der Waals surface area (Å²) in [5.41, 5.74) is 3.77. The monoisotopic (exact) mass is 446 g/mol. The molecule has 1 aromatic heterocycles. The van der Waals surface area contributed by atoms with E-state index >= 15 is 0 Å². The molecular formula is C25H19BrO3. The molecule has 0 aliphatic heterocycles. The minimum Gasteiger partial charge on any atom is -0.462 e. The van der Waals surface area contributed by atoms with Crippen molar-refractivity contribution in [3.63, 3.8) is 0 Å². The first-order chi connectivity index (χ1) is 14.2. The molecule has 0 spiro atoms. The van der Waals surface area contributed by atoms with E-state index in [-0.39, 0.29) is 6.61 Å². The molecular weight excluding hydrogens is 428 g/mol. The van der Waals surface area contributed by atoms with E-state index in [9.17, 15) is 4.79 Å². The van der Waals surface area contributed by atoms with Crippen molar-refractivity contribution in [2.45, 2.75) is 6.92 Å². The average Bonchev–Trinajstić information content (AvgIpc) is 3.16. The number of hydrogen-bond donors (Lipinski definition) is 0. The Balaban J connectivity index is 2.08. The van der Waals surface area contributed by atoms with Crippen LogP contribution in [0.5, 0.6) is 0 Å². The maximum Gasteiger partial charge on any atom is 0.342 e. The number of benzene rings is 3. The van der Waals surface area contributed by atoms with Crippen LogP contribution in [0.4, 0.5) is 0 Å². The summed E-state index contributed by atoms with van der Waals surface area (Å²) < 4.78 is 12.7. The number of carbonyl (C=O) groups excluding carboxylic acids is 1. The fourth-order valence-electron chi connectivity index (χ4n) is 3.34. The van der Waals surface area contributed by atoms with Crippen molar-refractivity contribution < 1.29 is 13.9 Å². The van der Waals surface area contributed by atoms with Crippen molar-refractivity contribution in [3.05, 3.63) is 95.0 Å². The quantitative estimate of drug-likeness (QED) is 0.303. The van der Waals surface area contributed by atoms with E-state index in [1.807, 2.05) is 84.9 Å². The summed E-state index contributed by atoms with van der Waals surface area (Å²) >= 11 is 3.59. The SMILES string of the molecule is CCOC(=O)c1c(-c2ccccc2Br)oc(-c2ccccc2)c1-c1ccccc1. The third-order valence-corrected chi connectivity index (χ3v) is 5.30. The van der Waals surface area contributed by atoms with Gasteiger partial charge in [0.2, 0.25) is 0 Å². The Kier molecular flexibility index (Phi) is 5.63. The molecule has 0 aliphatic carbocycles. The lowest BCUT2D eigenvalue weighted by Gasteiger charge is -2.08. The molecule has 29 heavy (non-hydrogen) atoms. The molecule has 0 atom stereocenters. The number of ether oxygens (including phenoxy) is 1. The minimum absolute atomic E-state index is 0.286. The van der Waals surface area contributed by atoms with Crippen LogP contribution in [0.1, 0.15) is 17.3 Å². The first-order valence-corrected chi connectivity index (χ1v) is 10.2. The number of hydrogen-bond acceptors (Lipinski definition) is 3. The van der Waals surface area contributed by atoms with Crippen LogP contribution in [0.2, 0.25) is 0 Å². The third kappa shape index (κ3) is 3.76. The smallest absolute Gasteiger partial charge is 0.342 e. The second kappa shape index (κ2) is 8.50. The molecule has 0 saturated carbocycles. The largest absolute Gasteiger partial charge is 0.462 e. The molecule has 0 N–H and O–H groups in total. The van der Waals surface area contributed by atoms with Gasteiger partial charge in [-0.3, -0.25) is 0 Å². The van der Waals surface area contributed by atoms with Crippen molar-refractivity contribution in [1.29, 1.82) is 0 Å². The van der Waals surface area contributed by atoms with Gasteiger partial charge < -0.3 is 9.15 Å². The lowest BCUT2D eigenvalue weighted by molar-refractivity contribution is 0.0527. The van der Waals surface area contributed by atoms with Crippen molar-refractivity contribution in [2.24, 2.45) is 0 Å². The second-order valence-electron chi connectivity index (χ2n) is 6.44. The highest BCUT2D eigenvalue weighted by molar-refractivity contribution is 9.10. The van der Waals surface area contributed by atoms with Crippen LogP contribution in [-0.2, 0) is 4.74 Å². The highest BCUT2D eigenvalue weighted by Gasteiger charge is 2.30. The van der Waals surface area contributed by atoms with Crippen LogP contribution in [0, 0.1) is 0 Å². The van der Waals surface area contributed by atoms with Gasteiger partial charge in [0.1, 0.15) is 11.3 Å². The molecule has 0 fully saturated rings. The highest BCUT2D eigenvalue weighted by Crippen LogP contribution is 2.45. The molecule has 0 radical (unpaired) electrons. The zero-order valence-electron chi connectivity index (χ0n) is 15.9. The van der Waals surface area contributed by atoms with E-state index in [2.05, 4.69) is 15.9 Å². The number of rotatable bonds is 5. The molecule has 4 rings (SSSR count).